The lowest BCUT2D eigenvalue weighted by Crippen LogP contribution is -2.61. The summed E-state index contributed by atoms with van der Waals surface area (Å²) >= 11 is 3.41. The van der Waals surface area contributed by atoms with E-state index in [-0.39, 0.29) is 22.9 Å². The number of nitrogens with one attached hydrogen (secondary N) is 1. The standard InChI is InChI=1S/C25H33BrN4O/c1-4-21(20-7-5-19(6-8-20)16(2)3)28-22(31)24-10-17-9-18(11-24)13-25(12-17,14-24)30-15-27-23(26)29-30/h5-8,15-18,21H,4,9-14H2,1-3H3,(H,28,31)/t17-,18-,21-,24?,25?/m0/s1. The lowest BCUT2D eigenvalue weighted by Gasteiger charge is -2.61. The van der Waals surface area contributed by atoms with Crippen molar-refractivity contribution < 1.29 is 4.79 Å². The Morgan fingerprint density at radius 3 is 2.35 bits per heavy atom. The molecule has 1 heterocycles. The molecule has 6 heteroatoms. The van der Waals surface area contributed by atoms with Crippen molar-refractivity contribution in [1.82, 2.24) is 20.1 Å². The van der Waals surface area contributed by atoms with Crippen LogP contribution in [0.15, 0.2) is 35.3 Å². The first kappa shape index (κ1) is 21.2. The van der Waals surface area contributed by atoms with Gasteiger partial charge in [0.2, 0.25) is 10.6 Å². The molecule has 31 heavy (non-hydrogen) atoms. The van der Waals surface area contributed by atoms with Crippen molar-refractivity contribution in [1.29, 1.82) is 0 Å². The average Bonchev–Trinajstić information content (AvgIpc) is 3.18. The molecule has 4 bridgehead atoms. The third-order valence-corrected chi connectivity index (χ3v) is 8.54. The van der Waals surface area contributed by atoms with Gasteiger partial charge in [0.1, 0.15) is 6.33 Å². The summed E-state index contributed by atoms with van der Waals surface area (Å²) in [6.45, 7) is 6.59. The number of hydrogen-bond acceptors (Lipinski definition) is 3. The zero-order valence-electron chi connectivity index (χ0n) is 18.8. The molecule has 2 aromatic rings. The van der Waals surface area contributed by atoms with Crippen LogP contribution in [0.1, 0.15) is 88.8 Å². The van der Waals surface area contributed by atoms with E-state index >= 15 is 0 Å². The van der Waals surface area contributed by atoms with E-state index in [1.54, 1.807) is 0 Å². The first-order valence-electron chi connectivity index (χ1n) is 11.8. The van der Waals surface area contributed by atoms with E-state index in [1.807, 2.05) is 6.33 Å². The molecule has 4 aliphatic rings. The van der Waals surface area contributed by atoms with Crippen LogP contribution in [0, 0.1) is 17.3 Å². The van der Waals surface area contributed by atoms with Gasteiger partial charge in [-0.15, -0.1) is 5.10 Å². The van der Waals surface area contributed by atoms with Crippen molar-refractivity contribution >= 4 is 21.8 Å². The Morgan fingerprint density at radius 1 is 1.16 bits per heavy atom. The van der Waals surface area contributed by atoms with Crippen molar-refractivity contribution in [3.63, 3.8) is 0 Å². The second-order valence-corrected chi connectivity index (χ2v) is 11.4. The van der Waals surface area contributed by atoms with Gasteiger partial charge in [-0.2, -0.15) is 0 Å². The maximum atomic E-state index is 13.8. The molecule has 0 saturated heterocycles. The summed E-state index contributed by atoms with van der Waals surface area (Å²) in [5.74, 6) is 1.99. The highest BCUT2D eigenvalue weighted by Crippen LogP contribution is 2.64. The summed E-state index contributed by atoms with van der Waals surface area (Å²) in [6.07, 6.45) is 9.21. The number of halogens is 1. The van der Waals surface area contributed by atoms with Crippen molar-refractivity contribution in [3.05, 3.63) is 46.5 Å². The molecule has 0 unspecified atom stereocenters. The van der Waals surface area contributed by atoms with Crippen LogP contribution in [0.25, 0.3) is 0 Å². The highest BCUT2D eigenvalue weighted by molar-refractivity contribution is 9.10. The maximum absolute atomic E-state index is 13.8. The van der Waals surface area contributed by atoms with E-state index in [0.29, 0.717) is 22.5 Å². The van der Waals surface area contributed by atoms with Crippen LogP contribution < -0.4 is 5.32 Å². The van der Waals surface area contributed by atoms with Crippen molar-refractivity contribution in [2.45, 2.75) is 83.2 Å². The highest BCUT2D eigenvalue weighted by Gasteiger charge is 2.61. The Labute approximate surface area is 193 Å². The Balaban J connectivity index is 1.39. The summed E-state index contributed by atoms with van der Waals surface area (Å²) in [6, 6.07) is 8.86. The van der Waals surface area contributed by atoms with Gasteiger partial charge in [-0.1, -0.05) is 45.0 Å². The number of carbonyl (C=O) groups is 1. The van der Waals surface area contributed by atoms with Gasteiger partial charge in [0.05, 0.1) is 17.0 Å². The molecule has 5 nitrogen and oxygen atoms in total. The Hall–Kier alpha value is -1.69. The van der Waals surface area contributed by atoms with Gasteiger partial charge in [0, 0.05) is 0 Å². The van der Waals surface area contributed by atoms with Gasteiger partial charge < -0.3 is 5.32 Å². The lowest BCUT2D eigenvalue weighted by molar-refractivity contribution is -0.156. The van der Waals surface area contributed by atoms with Gasteiger partial charge in [0.15, 0.2) is 0 Å². The van der Waals surface area contributed by atoms with E-state index in [1.165, 1.54) is 17.5 Å². The average molecular weight is 485 g/mol. The second-order valence-electron chi connectivity index (χ2n) is 10.7. The predicted molar refractivity (Wildman–Crippen MR) is 125 cm³/mol. The van der Waals surface area contributed by atoms with Crippen LogP contribution in [0.5, 0.6) is 0 Å². The van der Waals surface area contributed by atoms with Gasteiger partial charge in [-0.3, -0.25) is 4.79 Å². The molecule has 1 aromatic heterocycles. The number of rotatable bonds is 6. The largest absolute Gasteiger partial charge is 0.349 e. The van der Waals surface area contributed by atoms with Gasteiger partial charge in [-0.25, -0.2) is 9.67 Å². The monoisotopic (exact) mass is 484 g/mol. The molecule has 4 aliphatic carbocycles. The molecular formula is C25H33BrN4O. The zero-order chi connectivity index (χ0) is 21.8. The minimum atomic E-state index is -0.270. The van der Waals surface area contributed by atoms with Crippen LogP contribution in [0.3, 0.4) is 0 Å². The Kier molecular flexibility index (Phi) is 5.27. The molecule has 166 valence electrons. The fourth-order valence-electron chi connectivity index (χ4n) is 7.06. The molecule has 4 saturated carbocycles. The molecule has 0 radical (unpaired) electrons. The lowest BCUT2D eigenvalue weighted by atomic mass is 9.46. The summed E-state index contributed by atoms with van der Waals surface area (Å²) in [5, 5.41) is 8.10. The highest BCUT2D eigenvalue weighted by atomic mass is 79.9. The Bertz CT molecular complexity index is 952. The third kappa shape index (κ3) is 3.65. The minimum Gasteiger partial charge on any atom is -0.349 e. The summed E-state index contributed by atoms with van der Waals surface area (Å²) in [7, 11) is 0. The van der Waals surface area contributed by atoms with Crippen molar-refractivity contribution in [2.24, 2.45) is 17.3 Å². The van der Waals surface area contributed by atoms with Crippen LogP contribution in [-0.4, -0.2) is 20.7 Å². The third-order valence-electron chi connectivity index (χ3n) is 8.18. The van der Waals surface area contributed by atoms with Crippen molar-refractivity contribution in [2.75, 3.05) is 0 Å². The minimum absolute atomic E-state index is 0.0545. The molecule has 1 N–H and O–H groups in total. The number of hydrogen-bond donors (Lipinski definition) is 1. The van der Waals surface area contributed by atoms with Crippen LogP contribution >= 0.6 is 15.9 Å². The van der Waals surface area contributed by atoms with Gasteiger partial charge >= 0.3 is 0 Å². The SMILES string of the molecule is CC[C@H](NC(=O)C12C[C@@H]3C[C@@H](C1)CC(n1cnc(Br)n1)(C3)C2)c1ccc(C(C)C)cc1. The molecule has 6 rings (SSSR count). The summed E-state index contributed by atoms with van der Waals surface area (Å²) in [4.78, 5) is 18.2. The molecule has 0 aliphatic heterocycles. The van der Waals surface area contributed by atoms with E-state index in [2.05, 4.69) is 81.0 Å². The van der Waals surface area contributed by atoms with E-state index < -0.39 is 0 Å². The number of carbonyl (C=O) groups excluding carboxylic acids is 1. The van der Waals surface area contributed by atoms with Crippen molar-refractivity contribution in [3.8, 4) is 0 Å². The fraction of sp³-hybridized carbons (Fsp3) is 0.640. The number of aromatic nitrogens is 3. The Morgan fingerprint density at radius 2 is 1.81 bits per heavy atom. The molecular weight excluding hydrogens is 452 g/mol. The number of benzene rings is 1. The second kappa shape index (κ2) is 7.72. The first-order chi connectivity index (χ1) is 14.8. The topological polar surface area (TPSA) is 59.8 Å². The molecule has 0 spiro atoms. The quantitative estimate of drug-likeness (QED) is 0.569. The van der Waals surface area contributed by atoms with Crippen LogP contribution in [0.4, 0.5) is 0 Å². The molecule has 1 aromatic carbocycles. The number of nitrogens with zero attached hydrogens (tertiary/aromatic N) is 3. The molecule has 4 fully saturated rings. The fourth-order valence-corrected chi connectivity index (χ4v) is 7.33. The van der Waals surface area contributed by atoms with Crippen LogP contribution in [-0.2, 0) is 10.3 Å². The smallest absolute Gasteiger partial charge is 0.226 e. The molecule has 1 amide bonds. The van der Waals surface area contributed by atoms with Gasteiger partial charge in [-0.05, 0) is 89.8 Å². The maximum Gasteiger partial charge on any atom is 0.226 e. The first-order valence-corrected chi connectivity index (χ1v) is 12.6. The number of amides is 1. The van der Waals surface area contributed by atoms with Gasteiger partial charge in [0.25, 0.3) is 0 Å². The summed E-state index contributed by atoms with van der Waals surface area (Å²) < 4.78 is 2.70. The normalized spacial score (nSPS) is 32.4. The summed E-state index contributed by atoms with van der Waals surface area (Å²) in [5.41, 5.74) is 2.22. The van der Waals surface area contributed by atoms with E-state index in [4.69, 9.17) is 0 Å². The predicted octanol–water partition coefficient (Wildman–Crippen LogP) is 5.73. The van der Waals surface area contributed by atoms with Crippen LogP contribution in [0.2, 0.25) is 0 Å². The zero-order valence-corrected chi connectivity index (χ0v) is 20.4. The molecule has 3 atom stereocenters. The van der Waals surface area contributed by atoms with E-state index in [9.17, 15) is 4.79 Å². The van der Waals surface area contributed by atoms with E-state index in [0.717, 1.165) is 38.5 Å².